The van der Waals surface area contributed by atoms with Gasteiger partial charge in [0.15, 0.2) is 11.3 Å². The van der Waals surface area contributed by atoms with E-state index in [0.717, 1.165) is 54.3 Å². The first-order valence-electron chi connectivity index (χ1n) is 12.7. The minimum absolute atomic E-state index is 0.0272. The maximum atomic E-state index is 5.08. The van der Waals surface area contributed by atoms with Crippen LogP contribution in [0.1, 0.15) is 48.1 Å². The number of aromatic amines is 1. The Morgan fingerprint density at radius 1 is 0.829 bits per heavy atom. The monoisotopic (exact) mass is 461 g/mol. The van der Waals surface area contributed by atoms with Crippen molar-refractivity contribution >= 4 is 22.6 Å². The Morgan fingerprint density at radius 2 is 1.54 bits per heavy atom. The van der Waals surface area contributed by atoms with Crippen LogP contribution in [0.4, 0.5) is 5.95 Å². The van der Waals surface area contributed by atoms with E-state index in [2.05, 4.69) is 84.3 Å². The predicted molar refractivity (Wildman–Crippen MR) is 135 cm³/mol. The van der Waals surface area contributed by atoms with Crippen LogP contribution in [0.2, 0.25) is 0 Å². The summed E-state index contributed by atoms with van der Waals surface area (Å²) in [6.07, 6.45) is 8.78. The summed E-state index contributed by atoms with van der Waals surface area (Å²) in [6.45, 7) is 1.98. The molecule has 1 aliphatic heterocycles. The van der Waals surface area contributed by atoms with Crippen LogP contribution in [-0.2, 0) is 18.3 Å². The van der Waals surface area contributed by atoms with E-state index in [0.29, 0.717) is 5.41 Å². The van der Waals surface area contributed by atoms with E-state index in [1.54, 1.807) is 0 Å². The average Bonchev–Trinajstić information content (AvgIpc) is 3.21. The van der Waals surface area contributed by atoms with Crippen LogP contribution in [0.15, 0.2) is 60.9 Å². The molecule has 3 aliphatic rings. The summed E-state index contributed by atoms with van der Waals surface area (Å²) in [7, 11) is 0. The van der Waals surface area contributed by atoms with Gasteiger partial charge in [0, 0.05) is 18.5 Å². The van der Waals surface area contributed by atoms with Crippen LogP contribution in [0.5, 0.6) is 0 Å². The molecule has 174 valence electrons. The molecule has 3 aromatic heterocycles. The zero-order chi connectivity index (χ0) is 23.0. The molecule has 0 amide bonds. The fourth-order valence-electron chi connectivity index (χ4n) is 6.77. The van der Waals surface area contributed by atoms with Gasteiger partial charge >= 0.3 is 0 Å². The molecule has 0 radical (unpaired) electrons. The lowest BCUT2D eigenvalue weighted by Gasteiger charge is -2.39. The standard InChI is InChI=1S/C28H27N7/c1-2-8-21(9-3-1)28(10-11-28)23-22-24(32-31-23)30-26(35-18-29-33-25(22)35)34-14-12-27(13-15-34)16-19-6-4-5-7-20(19)17-27/h1-9,18H,10-17H2,(H,31,32). The van der Waals surface area contributed by atoms with Gasteiger partial charge in [-0.3, -0.25) is 9.50 Å². The highest BCUT2D eigenvalue weighted by Gasteiger charge is 2.49. The van der Waals surface area contributed by atoms with Crippen LogP contribution >= 0.6 is 0 Å². The Morgan fingerprint density at radius 3 is 2.26 bits per heavy atom. The van der Waals surface area contributed by atoms with Crippen molar-refractivity contribution in [3.63, 3.8) is 0 Å². The molecule has 4 heterocycles. The topological polar surface area (TPSA) is 75.0 Å². The zero-order valence-electron chi connectivity index (χ0n) is 19.6. The molecule has 0 bridgehead atoms. The summed E-state index contributed by atoms with van der Waals surface area (Å²) in [5.41, 5.74) is 7.49. The summed E-state index contributed by atoms with van der Waals surface area (Å²) in [4.78, 5) is 7.48. The quantitative estimate of drug-likeness (QED) is 0.429. The summed E-state index contributed by atoms with van der Waals surface area (Å²) < 4.78 is 2.07. The number of hydrogen-bond acceptors (Lipinski definition) is 5. The third-order valence-electron chi connectivity index (χ3n) is 8.85. The molecule has 35 heavy (non-hydrogen) atoms. The highest BCUT2D eigenvalue weighted by molar-refractivity contribution is 5.94. The zero-order valence-corrected chi connectivity index (χ0v) is 19.6. The number of aromatic nitrogens is 6. The van der Waals surface area contributed by atoms with Crippen molar-refractivity contribution in [2.24, 2.45) is 5.41 Å². The number of fused-ring (bicyclic) bond motifs is 4. The molecule has 0 unspecified atom stereocenters. The second kappa shape index (κ2) is 6.90. The normalized spacial score (nSPS) is 20.1. The Bertz CT molecular complexity index is 1540. The van der Waals surface area contributed by atoms with E-state index in [1.807, 2.05) is 6.33 Å². The third kappa shape index (κ3) is 2.78. The van der Waals surface area contributed by atoms with Crippen molar-refractivity contribution < 1.29 is 0 Å². The van der Waals surface area contributed by atoms with Gasteiger partial charge in [-0.2, -0.15) is 10.1 Å². The van der Waals surface area contributed by atoms with E-state index in [1.165, 1.54) is 42.4 Å². The number of piperidine rings is 1. The summed E-state index contributed by atoms with van der Waals surface area (Å²) >= 11 is 0. The lowest BCUT2D eigenvalue weighted by Crippen LogP contribution is -2.41. The van der Waals surface area contributed by atoms with Crippen LogP contribution in [-0.4, -0.2) is 42.9 Å². The molecule has 0 atom stereocenters. The molecule has 7 heteroatoms. The van der Waals surface area contributed by atoms with Gasteiger partial charge in [-0.05, 0) is 60.6 Å². The fourth-order valence-corrected chi connectivity index (χ4v) is 6.77. The smallest absolute Gasteiger partial charge is 0.214 e. The molecule has 1 N–H and O–H groups in total. The second-order valence-electron chi connectivity index (χ2n) is 10.8. The van der Waals surface area contributed by atoms with Gasteiger partial charge in [0.2, 0.25) is 5.95 Å². The maximum Gasteiger partial charge on any atom is 0.214 e. The van der Waals surface area contributed by atoms with Gasteiger partial charge < -0.3 is 4.90 Å². The summed E-state index contributed by atoms with van der Waals surface area (Å²) in [5, 5.41) is 17.9. The highest BCUT2D eigenvalue weighted by atomic mass is 15.4. The number of benzene rings is 2. The van der Waals surface area contributed by atoms with Crippen molar-refractivity contribution in [1.82, 2.24) is 29.8 Å². The van der Waals surface area contributed by atoms with Gasteiger partial charge in [-0.15, -0.1) is 10.2 Å². The first-order valence-corrected chi connectivity index (χ1v) is 12.7. The van der Waals surface area contributed by atoms with E-state index in [4.69, 9.17) is 4.98 Å². The first-order chi connectivity index (χ1) is 17.2. The fraction of sp³-hybridized carbons (Fsp3) is 0.357. The van der Waals surface area contributed by atoms with Crippen molar-refractivity contribution in [2.75, 3.05) is 18.0 Å². The van der Waals surface area contributed by atoms with Gasteiger partial charge in [0.1, 0.15) is 6.33 Å². The molecule has 1 saturated carbocycles. The largest absolute Gasteiger partial charge is 0.342 e. The average molecular weight is 462 g/mol. The Hall–Kier alpha value is -3.74. The molecule has 8 rings (SSSR count). The third-order valence-corrected chi connectivity index (χ3v) is 8.85. The molecule has 2 aliphatic carbocycles. The first kappa shape index (κ1) is 19.6. The minimum Gasteiger partial charge on any atom is -0.342 e. The van der Waals surface area contributed by atoms with Crippen molar-refractivity contribution in [3.8, 4) is 0 Å². The molecule has 5 aromatic rings. The van der Waals surface area contributed by atoms with Crippen molar-refractivity contribution in [2.45, 2.75) is 43.9 Å². The molecule has 2 fully saturated rings. The SMILES string of the molecule is c1ccc(C2(c3[nH]nc4nc(N5CCC6(CC5)Cc5ccccc5C6)n5cnnc5c34)CC2)cc1. The van der Waals surface area contributed by atoms with Gasteiger partial charge in [0.25, 0.3) is 0 Å². The Kier molecular flexibility index (Phi) is 3.86. The number of nitrogens with one attached hydrogen (secondary N) is 1. The molecule has 1 saturated heterocycles. The lowest BCUT2D eigenvalue weighted by molar-refractivity contribution is 0.231. The number of H-pyrrole nitrogens is 1. The lowest BCUT2D eigenvalue weighted by atomic mass is 9.76. The van der Waals surface area contributed by atoms with Crippen LogP contribution in [0, 0.1) is 5.41 Å². The molecule has 1 spiro atoms. The van der Waals surface area contributed by atoms with Crippen LogP contribution in [0.25, 0.3) is 16.7 Å². The Balaban J connectivity index is 1.15. The number of rotatable bonds is 3. The van der Waals surface area contributed by atoms with Crippen molar-refractivity contribution in [3.05, 3.63) is 83.3 Å². The second-order valence-corrected chi connectivity index (χ2v) is 10.8. The Labute approximate surface area is 203 Å². The van der Waals surface area contributed by atoms with E-state index in [9.17, 15) is 0 Å². The summed E-state index contributed by atoms with van der Waals surface area (Å²) in [6, 6.07) is 19.7. The molecule has 7 nitrogen and oxygen atoms in total. The number of hydrogen-bond donors (Lipinski definition) is 1. The van der Waals surface area contributed by atoms with E-state index < -0.39 is 0 Å². The predicted octanol–water partition coefficient (Wildman–Crippen LogP) is 4.47. The van der Waals surface area contributed by atoms with Crippen molar-refractivity contribution in [1.29, 1.82) is 0 Å². The van der Waals surface area contributed by atoms with E-state index >= 15 is 0 Å². The molecule has 2 aromatic carbocycles. The van der Waals surface area contributed by atoms with E-state index in [-0.39, 0.29) is 5.41 Å². The van der Waals surface area contributed by atoms with Gasteiger partial charge in [0.05, 0.1) is 11.1 Å². The summed E-state index contributed by atoms with van der Waals surface area (Å²) in [5.74, 6) is 0.908. The van der Waals surface area contributed by atoms with Crippen LogP contribution < -0.4 is 4.90 Å². The minimum atomic E-state index is -0.0272. The number of nitrogens with zero attached hydrogens (tertiary/aromatic N) is 6. The molecular weight excluding hydrogens is 434 g/mol. The van der Waals surface area contributed by atoms with Crippen LogP contribution in [0.3, 0.4) is 0 Å². The highest BCUT2D eigenvalue weighted by Crippen LogP contribution is 2.54. The maximum absolute atomic E-state index is 5.08. The van der Waals surface area contributed by atoms with Gasteiger partial charge in [-0.25, -0.2) is 0 Å². The molecular formula is C28H27N7. The number of anilines is 1. The van der Waals surface area contributed by atoms with Gasteiger partial charge in [-0.1, -0.05) is 54.6 Å².